The van der Waals surface area contributed by atoms with Crippen LogP contribution in [0.15, 0.2) is 15.8 Å². The first kappa shape index (κ1) is 11.0. The first-order chi connectivity index (χ1) is 6.56. The second-order valence-electron chi connectivity index (χ2n) is 3.37. The summed E-state index contributed by atoms with van der Waals surface area (Å²) in [6, 6.07) is 0. The first-order valence-electron chi connectivity index (χ1n) is 4.54. The Bertz CT molecular complexity index is 422. The van der Waals surface area contributed by atoms with Crippen molar-refractivity contribution in [3.05, 3.63) is 32.1 Å². The highest BCUT2D eigenvalue weighted by Gasteiger charge is 2.08. The Labute approximate surface area is 86.5 Å². The molecule has 0 aromatic carbocycles. The molecule has 1 N–H and O–H groups in total. The number of nitrogens with zero attached hydrogens (tertiary/aromatic N) is 1. The summed E-state index contributed by atoms with van der Waals surface area (Å²) in [5.74, 6) is 0.285. The van der Waals surface area contributed by atoms with Crippen molar-refractivity contribution < 1.29 is 0 Å². The van der Waals surface area contributed by atoms with Gasteiger partial charge in [0.15, 0.2) is 0 Å². The SMILES string of the molecule is CCC(C)Cn1c(=O)[nH]cc(Cl)c1=O. The summed E-state index contributed by atoms with van der Waals surface area (Å²) in [4.78, 5) is 25.2. The van der Waals surface area contributed by atoms with Gasteiger partial charge in [-0.05, 0) is 5.92 Å². The largest absolute Gasteiger partial charge is 0.328 e. The number of hydrogen-bond acceptors (Lipinski definition) is 2. The van der Waals surface area contributed by atoms with E-state index in [1.165, 1.54) is 6.20 Å². The molecule has 78 valence electrons. The van der Waals surface area contributed by atoms with Crippen LogP contribution in [0.1, 0.15) is 20.3 Å². The van der Waals surface area contributed by atoms with E-state index in [4.69, 9.17) is 11.6 Å². The molecule has 1 aromatic rings. The molecular formula is C9H13ClN2O2. The van der Waals surface area contributed by atoms with Gasteiger partial charge in [-0.3, -0.25) is 9.36 Å². The fourth-order valence-electron chi connectivity index (χ4n) is 1.09. The molecule has 1 rings (SSSR count). The van der Waals surface area contributed by atoms with Crippen LogP contribution in [0.25, 0.3) is 0 Å². The molecule has 1 aromatic heterocycles. The molecule has 0 aliphatic carbocycles. The molecule has 0 aliphatic heterocycles. The minimum absolute atomic E-state index is 0.0490. The van der Waals surface area contributed by atoms with Crippen LogP contribution in [0.3, 0.4) is 0 Å². The van der Waals surface area contributed by atoms with Crippen molar-refractivity contribution in [1.29, 1.82) is 0 Å². The van der Waals surface area contributed by atoms with Gasteiger partial charge in [-0.1, -0.05) is 31.9 Å². The lowest BCUT2D eigenvalue weighted by Crippen LogP contribution is -2.36. The number of hydrogen-bond donors (Lipinski definition) is 1. The van der Waals surface area contributed by atoms with Gasteiger partial charge >= 0.3 is 5.69 Å². The quantitative estimate of drug-likeness (QED) is 0.827. The van der Waals surface area contributed by atoms with Crippen molar-refractivity contribution in [2.75, 3.05) is 0 Å². The lowest BCUT2D eigenvalue weighted by Gasteiger charge is -2.09. The molecule has 0 amide bonds. The molecule has 1 atom stereocenters. The summed E-state index contributed by atoms with van der Waals surface area (Å²) in [6.07, 6.45) is 2.14. The van der Waals surface area contributed by atoms with Gasteiger partial charge < -0.3 is 4.98 Å². The number of halogens is 1. The lowest BCUT2D eigenvalue weighted by molar-refractivity contribution is 0.446. The molecule has 0 saturated heterocycles. The zero-order valence-electron chi connectivity index (χ0n) is 8.21. The Kier molecular flexibility index (Phi) is 3.52. The number of H-pyrrole nitrogens is 1. The Hall–Kier alpha value is -1.03. The third-order valence-electron chi connectivity index (χ3n) is 2.21. The van der Waals surface area contributed by atoms with E-state index >= 15 is 0 Å². The van der Waals surface area contributed by atoms with E-state index in [0.717, 1.165) is 11.0 Å². The highest BCUT2D eigenvalue weighted by Crippen LogP contribution is 2.02. The van der Waals surface area contributed by atoms with Crippen molar-refractivity contribution in [2.24, 2.45) is 5.92 Å². The molecule has 4 nitrogen and oxygen atoms in total. The maximum Gasteiger partial charge on any atom is 0.328 e. The molecular weight excluding hydrogens is 204 g/mol. The van der Waals surface area contributed by atoms with Gasteiger partial charge in [0.2, 0.25) is 0 Å². The molecule has 0 spiro atoms. The Morgan fingerprint density at radius 1 is 1.57 bits per heavy atom. The van der Waals surface area contributed by atoms with Crippen molar-refractivity contribution in [3.8, 4) is 0 Å². The fraction of sp³-hybridized carbons (Fsp3) is 0.556. The number of rotatable bonds is 3. The number of aromatic nitrogens is 2. The van der Waals surface area contributed by atoms with Crippen molar-refractivity contribution in [1.82, 2.24) is 9.55 Å². The van der Waals surface area contributed by atoms with Crippen LogP contribution in [0.4, 0.5) is 0 Å². The van der Waals surface area contributed by atoms with Crippen molar-refractivity contribution in [2.45, 2.75) is 26.8 Å². The summed E-state index contributed by atoms with van der Waals surface area (Å²) in [7, 11) is 0. The maximum atomic E-state index is 11.5. The Balaban J connectivity index is 3.14. The zero-order valence-corrected chi connectivity index (χ0v) is 8.97. The van der Waals surface area contributed by atoms with Crippen LogP contribution in [0.5, 0.6) is 0 Å². The number of nitrogens with one attached hydrogen (secondary N) is 1. The van der Waals surface area contributed by atoms with Crippen LogP contribution in [-0.2, 0) is 6.54 Å². The van der Waals surface area contributed by atoms with E-state index in [9.17, 15) is 9.59 Å². The van der Waals surface area contributed by atoms with Gasteiger partial charge in [-0.15, -0.1) is 0 Å². The molecule has 0 aliphatic rings. The molecule has 0 saturated carbocycles. The highest BCUT2D eigenvalue weighted by atomic mass is 35.5. The lowest BCUT2D eigenvalue weighted by atomic mass is 10.1. The average Bonchev–Trinajstić information content (AvgIpc) is 2.18. The zero-order chi connectivity index (χ0) is 10.7. The van der Waals surface area contributed by atoms with Gasteiger partial charge in [-0.2, -0.15) is 0 Å². The van der Waals surface area contributed by atoms with E-state index in [-0.39, 0.29) is 10.9 Å². The maximum absolute atomic E-state index is 11.5. The molecule has 1 heterocycles. The predicted octanol–water partition coefficient (Wildman–Crippen LogP) is 1.24. The summed E-state index contributed by atoms with van der Waals surface area (Å²) in [5.41, 5.74) is -0.824. The van der Waals surface area contributed by atoms with Crippen LogP contribution in [0.2, 0.25) is 5.02 Å². The molecule has 0 fully saturated rings. The minimum Gasteiger partial charge on any atom is -0.312 e. The summed E-state index contributed by atoms with van der Waals surface area (Å²) >= 11 is 5.61. The van der Waals surface area contributed by atoms with Gasteiger partial charge in [0.25, 0.3) is 5.56 Å². The predicted molar refractivity (Wildman–Crippen MR) is 55.8 cm³/mol. The van der Waals surface area contributed by atoms with Gasteiger partial charge in [0, 0.05) is 12.7 Å². The van der Waals surface area contributed by atoms with Gasteiger partial charge in [0.05, 0.1) is 0 Å². The normalized spacial score (nSPS) is 12.8. The van der Waals surface area contributed by atoms with Gasteiger partial charge in [0.1, 0.15) is 5.02 Å². The average molecular weight is 217 g/mol. The monoisotopic (exact) mass is 216 g/mol. The van der Waals surface area contributed by atoms with E-state index in [0.29, 0.717) is 6.54 Å². The molecule has 14 heavy (non-hydrogen) atoms. The van der Waals surface area contributed by atoms with E-state index in [1.807, 2.05) is 13.8 Å². The van der Waals surface area contributed by atoms with Crippen molar-refractivity contribution in [3.63, 3.8) is 0 Å². The third kappa shape index (κ3) is 2.26. The van der Waals surface area contributed by atoms with E-state index in [1.54, 1.807) is 0 Å². The Morgan fingerprint density at radius 3 is 2.79 bits per heavy atom. The topological polar surface area (TPSA) is 54.9 Å². The van der Waals surface area contributed by atoms with E-state index < -0.39 is 11.2 Å². The summed E-state index contributed by atoms with van der Waals surface area (Å²) in [5, 5.41) is 0.0490. The second-order valence-corrected chi connectivity index (χ2v) is 3.78. The third-order valence-corrected chi connectivity index (χ3v) is 2.48. The highest BCUT2D eigenvalue weighted by molar-refractivity contribution is 6.30. The summed E-state index contributed by atoms with van der Waals surface area (Å²) < 4.78 is 1.14. The molecule has 5 heteroatoms. The van der Waals surface area contributed by atoms with Crippen LogP contribution in [-0.4, -0.2) is 9.55 Å². The smallest absolute Gasteiger partial charge is 0.312 e. The number of aromatic amines is 1. The van der Waals surface area contributed by atoms with Crippen LogP contribution in [0, 0.1) is 5.92 Å². The molecule has 0 bridgehead atoms. The summed E-state index contributed by atoms with van der Waals surface area (Å²) in [6.45, 7) is 4.40. The van der Waals surface area contributed by atoms with E-state index in [2.05, 4.69) is 4.98 Å². The minimum atomic E-state index is -0.421. The standard InChI is InChI=1S/C9H13ClN2O2/c1-3-6(2)5-12-8(13)7(10)4-11-9(12)14/h4,6H,3,5H2,1-2H3,(H,11,14). The fourth-order valence-corrected chi connectivity index (χ4v) is 1.25. The first-order valence-corrected chi connectivity index (χ1v) is 4.92. The van der Waals surface area contributed by atoms with Crippen LogP contribution >= 0.6 is 11.6 Å². The molecule has 1 unspecified atom stereocenters. The Morgan fingerprint density at radius 2 is 2.21 bits per heavy atom. The van der Waals surface area contributed by atoms with Gasteiger partial charge in [-0.25, -0.2) is 4.79 Å². The van der Waals surface area contributed by atoms with Crippen LogP contribution < -0.4 is 11.2 Å². The van der Waals surface area contributed by atoms with Crippen molar-refractivity contribution >= 4 is 11.6 Å². The molecule has 0 radical (unpaired) electrons. The second kappa shape index (κ2) is 4.46.